The van der Waals surface area contributed by atoms with Crippen molar-refractivity contribution >= 4 is 22.6 Å². The van der Waals surface area contributed by atoms with Gasteiger partial charge in [-0.3, -0.25) is 0 Å². The maximum Gasteiger partial charge on any atom is 0.0508 e. The second-order valence-corrected chi connectivity index (χ2v) is 18.5. The molecular formula is C55H49N. The highest BCUT2D eigenvalue weighted by Crippen LogP contribution is 2.71. The van der Waals surface area contributed by atoms with Gasteiger partial charge in [0.1, 0.15) is 0 Å². The fourth-order valence-corrected chi connectivity index (χ4v) is 13.6. The molecule has 0 N–H and O–H groups in total. The lowest BCUT2D eigenvalue weighted by Crippen LogP contribution is -2.57. The maximum atomic E-state index is 2.59. The van der Waals surface area contributed by atoms with Crippen molar-refractivity contribution in [3.05, 3.63) is 180 Å². The molecule has 4 saturated carbocycles. The first-order valence-electron chi connectivity index (χ1n) is 21.3. The molecule has 56 heavy (non-hydrogen) atoms. The van der Waals surface area contributed by atoms with Crippen molar-refractivity contribution in [1.29, 1.82) is 0 Å². The summed E-state index contributed by atoms with van der Waals surface area (Å²) in [5.74, 6) is 4.33. The highest BCUT2D eigenvalue weighted by molar-refractivity contribution is 5.92. The van der Waals surface area contributed by atoms with E-state index in [1.165, 1.54) is 100 Å². The molecule has 7 aliphatic carbocycles. The van der Waals surface area contributed by atoms with Crippen LogP contribution in [0.3, 0.4) is 0 Å². The quantitative estimate of drug-likeness (QED) is 0.171. The Balaban J connectivity index is 0.972. The lowest BCUT2D eigenvalue weighted by atomic mass is 9.41. The molecule has 1 nitrogen and oxygen atoms in total. The summed E-state index contributed by atoms with van der Waals surface area (Å²) < 4.78 is 0. The Morgan fingerprint density at radius 2 is 1.18 bits per heavy atom. The van der Waals surface area contributed by atoms with Crippen LogP contribution in [0.4, 0.5) is 17.1 Å². The molecule has 1 spiro atoms. The average Bonchev–Trinajstić information content (AvgIpc) is 3.66. The first kappa shape index (κ1) is 32.8. The van der Waals surface area contributed by atoms with Crippen molar-refractivity contribution in [3.8, 4) is 33.4 Å². The SMILES string of the molecule is CC1(C)c2ccccc2-c2cccc(N(c3ccc(-c4ccc5c(c4)C4=CC=CCC4C54C5CC6CC(C5)CC4C6)cc3)c3cccc(-c4ccccc4)c3)c21. The first-order valence-corrected chi connectivity index (χ1v) is 21.3. The number of rotatable bonds is 5. The van der Waals surface area contributed by atoms with Crippen molar-refractivity contribution in [1.82, 2.24) is 0 Å². The lowest BCUT2D eigenvalue weighted by molar-refractivity contribution is -0.0748. The Hall–Kier alpha value is -5.40. The van der Waals surface area contributed by atoms with E-state index in [-0.39, 0.29) is 5.41 Å². The Kier molecular flexibility index (Phi) is 7.06. The molecule has 6 aromatic carbocycles. The normalized spacial score (nSPS) is 26.8. The average molecular weight is 724 g/mol. The third-order valence-electron chi connectivity index (χ3n) is 15.5. The third-order valence-corrected chi connectivity index (χ3v) is 15.5. The number of nitrogens with zero attached hydrogens (tertiary/aromatic N) is 1. The van der Waals surface area contributed by atoms with Crippen LogP contribution in [0.2, 0.25) is 0 Å². The maximum absolute atomic E-state index is 2.59. The monoisotopic (exact) mass is 723 g/mol. The first-order chi connectivity index (χ1) is 27.5. The molecule has 0 aromatic heterocycles. The van der Waals surface area contributed by atoms with Crippen molar-refractivity contribution in [2.24, 2.45) is 29.6 Å². The minimum atomic E-state index is -0.141. The van der Waals surface area contributed by atoms with Crippen LogP contribution in [0.15, 0.2) is 158 Å². The van der Waals surface area contributed by atoms with Crippen molar-refractivity contribution in [3.63, 3.8) is 0 Å². The number of benzene rings is 6. The molecule has 6 aromatic rings. The second kappa shape index (κ2) is 12.1. The summed E-state index contributed by atoms with van der Waals surface area (Å²) in [5, 5.41) is 0. The number of allylic oxidation sites excluding steroid dienone is 4. The van der Waals surface area contributed by atoms with Crippen LogP contribution < -0.4 is 4.90 Å². The van der Waals surface area contributed by atoms with Crippen molar-refractivity contribution in [2.45, 2.75) is 63.2 Å². The van der Waals surface area contributed by atoms with Crippen LogP contribution in [0.25, 0.3) is 39.0 Å². The van der Waals surface area contributed by atoms with Gasteiger partial charge in [-0.2, -0.15) is 0 Å². The Morgan fingerprint density at radius 3 is 1.98 bits per heavy atom. The second-order valence-electron chi connectivity index (χ2n) is 18.5. The van der Waals surface area contributed by atoms with Gasteiger partial charge < -0.3 is 4.90 Å². The lowest BCUT2D eigenvalue weighted by Gasteiger charge is -2.62. The van der Waals surface area contributed by atoms with E-state index in [1.807, 2.05) is 0 Å². The van der Waals surface area contributed by atoms with Gasteiger partial charge in [0.2, 0.25) is 0 Å². The molecule has 13 rings (SSSR count). The van der Waals surface area contributed by atoms with Gasteiger partial charge in [-0.15, -0.1) is 0 Å². The molecule has 0 amide bonds. The summed E-state index contributed by atoms with van der Waals surface area (Å²) in [5.41, 5.74) is 19.2. The predicted molar refractivity (Wildman–Crippen MR) is 234 cm³/mol. The molecule has 1 unspecified atom stereocenters. The van der Waals surface area contributed by atoms with Crippen LogP contribution in [0.5, 0.6) is 0 Å². The van der Waals surface area contributed by atoms with Crippen LogP contribution in [0, 0.1) is 29.6 Å². The molecule has 1 heteroatoms. The summed E-state index contributed by atoms with van der Waals surface area (Å²) >= 11 is 0. The highest BCUT2D eigenvalue weighted by Gasteiger charge is 2.64. The minimum Gasteiger partial charge on any atom is -0.310 e. The van der Waals surface area contributed by atoms with Gasteiger partial charge in [-0.1, -0.05) is 135 Å². The molecule has 274 valence electrons. The standard InChI is InChI=1S/C55H49N/c1-54(2)49-19-8-6-16-45(49)47-18-11-21-52(53(47)54)56(44-15-10-14-39(33-44)37-12-4-3-5-13-37)43-25-22-38(23-26-43)40-24-27-51-48(34-40)46-17-7-9-20-50(46)55(51)41-29-35-28-36(31-41)32-42(55)30-35/h3-19,21-27,33-36,41-42,50H,20,28-32H2,1-2H3. The van der Waals surface area contributed by atoms with E-state index >= 15 is 0 Å². The van der Waals surface area contributed by atoms with E-state index in [4.69, 9.17) is 0 Å². The summed E-state index contributed by atoms with van der Waals surface area (Å²) in [6.07, 6.45) is 15.8. The molecule has 4 bridgehead atoms. The minimum absolute atomic E-state index is 0.141. The van der Waals surface area contributed by atoms with Crippen molar-refractivity contribution in [2.75, 3.05) is 4.90 Å². The molecule has 0 aliphatic heterocycles. The van der Waals surface area contributed by atoms with Gasteiger partial charge in [0.05, 0.1) is 5.69 Å². The van der Waals surface area contributed by atoms with E-state index in [0.717, 1.165) is 23.7 Å². The van der Waals surface area contributed by atoms with E-state index in [2.05, 4.69) is 177 Å². The summed E-state index contributed by atoms with van der Waals surface area (Å²) in [4.78, 5) is 2.51. The molecule has 4 fully saturated rings. The Bertz CT molecular complexity index is 2570. The van der Waals surface area contributed by atoms with Gasteiger partial charge in [0.25, 0.3) is 0 Å². The largest absolute Gasteiger partial charge is 0.310 e. The van der Waals surface area contributed by atoms with Crippen LogP contribution in [0.1, 0.15) is 74.6 Å². The topological polar surface area (TPSA) is 3.24 Å². The molecule has 0 radical (unpaired) electrons. The highest BCUT2D eigenvalue weighted by atomic mass is 15.1. The number of hydrogen-bond acceptors (Lipinski definition) is 1. The zero-order chi connectivity index (χ0) is 37.2. The number of fused-ring (bicyclic) bond motifs is 6. The number of anilines is 3. The summed E-state index contributed by atoms with van der Waals surface area (Å²) in [6, 6.07) is 52.8. The van der Waals surface area contributed by atoms with Gasteiger partial charge >= 0.3 is 0 Å². The van der Waals surface area contributed by atoms with Crippen LogP contribution >= 0.6 is 0 Å². The smallest absolute Gasteiger partial charge is 0.0508 e. The van der Waals surface area contributed by atoms with Gasteiger partial charge in [0, 0.05) is 22.2 Å². The van der Waals surface area contributed by atoms with E-state index < -0.39 is 0 Å². The molecule has 1 atom stereocenters. The van der Waals surface area contributed by atoms with Gasteiger partial charge in [-0.05, 0) is 166 Å². The molecular weight excluding hydrogens is 675 g/mol. The van der Waals surface area contributed by atoms with Crippen LogP contribution in [-0.2, 0) is 10.8 Å². The molecule has 7 aliphatic rings. The Labute approximate surface area is 332 Å². The van der Waals surface area contributed by atoms with E-state index in [0.29, 0.717) is 11.3 Å². The Morgan fingerprint density at radius 1 is 0.518 bits per heavy atom. The van der Waals surface area contributed by atoms with Gasteiger partial charge in [-0.25, -0.2) is 0 Å². The van der Waals surface area contributed by atoms with Crippen LogP contribution in [-0.4, -0.2) is 0 Å². The summed E-state index contributed by atoms with van der Waals surface area (Å²) in [7, 11) is 0. The predicted octanol–water partition coefficient (Wildman–Crippen LogP) is 14.5. The van der Waals surface area contributed by atoms with E-state index in [9.17, 15) is 0 Å². The molecule has 0 saturated heterocycles. The van der Waals surface area contributed by atoms with Crippen molar-refractivity contribution < 1.29 is 0 Å². The zero-order valence-electron chi connectivity index (χ0n) is 32.6. The summed E-state index contributed by atoms with van der Waals surface area (Å²) in [6.45, 7) is 4.79. The van der Waals surface area contributed by atoms with E-state index in [1.54, 1.807) is 16.7 Å². The third kappa shape index (κ3) is 4.55. The number of hydrogen-bond donors (Lipinski definition) is 0. The fourth-order valence-electron chi connectivity index (χ4n) is 13.6. The zero-order valence-corrected chi connectivity index (χ0v) is 32.6. The van der Waals surface area contributed by atoms with Gasteiger partial charge in [0.15, 0.2) is 0 Å². The fraction of sp³-hybridized carbons (Fsp3) is 0.273. The molecule has 0 heterocycles.